The van der Waals surface area contributed by atoms with E-state index in [0.29, 0.717) is 6.42 Å². The van der Waals surface area contributed by atoms with E-state index in [9.17, 15) is 4.79 Å². The summed E-state index contributed by atoms with van der Waals surface area (Å²) in [4.78, 5) is 13.0. The molecule has 4 nitrogen and oxygen atoms in total. The second kappa shape index (κ2) is 12.1. The van der Waals surface area contributed by atoms with Gasteiger partial charge in [-0.1, -0.05) is 51.2 Å². The van der Waals surface area contributed by atoms with Crippen molar-refractivity contribution in [3.8, 4) is 11.5 Å². The van der Waals surface area contributed by atoms with E-state index in [0.717, 1.165) is 35.6 Å². The number of carbonyl (C=O) groups is 1. The predicted octanol–water partition coefficient (Wildman–Crippen LogP) is 6.18. The van der Waals surface area contributed by atoms with Gasteiger partial charge in [0.15, 0.2) is 5.78 Å². The number of ether oxygens (including phenoxy) is 2. The minimum atomic E-state index is -0.366. The predicted molar refractivity (Wildman–Crippen MR) is 115 cm³/mol. The molecule has 2 rings (SSSR count). The molecule has 2 aromatic rings. The molecule has 4 heteroatoms. The van der Waals surface area contributed by atoms with Crippen molar-refractivity contribution < 1.29 is 14.3 Å². The number of benzene rings is 2. The summed E-state index contributed by atoms with van der Waals surface area (Å²) in [6.07, 6.45) is 7.64. The number of ketones is 1. The first-order valence-corrected chi connectivity index (χ1v) is 10.2. The number of anilines is 1. The van der Waals surface area contributed by atoms with Crippen LogP contribution in [0.3, 0.4) is 0 Å². The standard InChI is InChI=1S/C24H33NO3/c1-4-5-6-7-8-9-10-23(26)24(19-11-15-21(27-2)16-12-19)25-20-13-17-22(28-3)18-14-20/h11-18,24-25H,4-10H2,1-3H3. The molecular formula is C24H33NO3. The quantitative estimate of drug-likeness (QED) is 0.420. The first kappa shape index (κ1) is 21.8. The molecule has 0 aliphatic rings. The van der Waals surface area contributed by atoms with Gasteiger partial charge in [-0.05, 0) is 48.4 Å². The van der Waals surface area contributed by atoms with E-state index < -0.39 is 0 Å². The first-order valence-electron chi connectivity index (χ1n) is 10.2. The van der Waals surface area contributed by atoms with Crippen LogP contribution in [0, 0.1) is 0 Å². The SMILES string of the molecule is CCCCCCCCC(=O)C(Nc1ccc(OC)cc1)c1ccc(OC)cc1. The topological polar surface area (TPSA) is 47.6 Å². The molecule has 0 aliphatic carbocycles. The number of rotatable bonds is 13. The normalized spacial score (nSPS) is 11.7. The number of hydrogen-bond donors (Lipinski definition) is 1. The van der Waals surface area contributed by atoms with Crippen LogP contribution in [0.15, 0.2) is 48.5 Å². The van der Waals surface area contributed by atoms with Crippen molar-refractivity contribution >= 4 is 11.5 Å². The number of hydrogen-bond acceptors (Lipinski definition) is 4. The highest BCUT2D eigenvalue weighted by Gasteiger charge is 2.20. The van der Waals surface area contributed by atoms with Crippen molar-refractivity contribution in [2.24, 2.45) is 0 Å². The highest BCUT2D eigenvalue weighted by atomic mass is 16.5. The van der Waals surface area contributed by atoms with Gasteiger partial charge in [-0.3, -0.25) is 4.79 Å². The van der Waals surface area contributed by atoms with Crippen molar-refractivity contribution in [2.75, 3.05) is 19.5 Å². The largest absolute Gasteiger partial charge is 0.497 e. The van der Waals surface area contributed by atoms with Gasteiger partial charge in [0.2, 0.25) is 0 Å². The van der Waals surface area contributed by atoms with Gasteiger partial charge in [-0.2, -0.15) is 0 Å². The maximum Gasteiger partial charge on any atom is 0.159 e. The summed E-state index contributed by atoms with van der Waals surface area (Å²) in [6, 6.07) is 15.0. The third-order valence-corrected chi connectivity index (χ3v) is 4.95. The van der Waals surface area contributed by atoms with E-state index in [1.54, 1.807) is 14.2 Å². The van der Waals surface area contributed by atoms with Gasteiger partial charge in [-0.25, -0.2) is 0 Å². The van der Waals surface area contributed by atoms with Gasteiger partial charge >= 0.3 is 0 Å². The van der Waals surface area contributed by atoms with E-state index in [1.807, 2.05) is 48.5 Å². The van der Waals surface area contributed by atoms with Crippen molar-refractivity contribution in [3.63, 3.8) is 0 Å². The fourth-order valence-electron chi connectivity index (χ4n) is 3.22. The van der Waals surface area contributed by atoms with Crippen molar-refractivity contribution in [1.29, 1.82) is 0 Å². The van der Waals surface area contributed by atoms with Crippen LogP contribution in [0.2, 0.25) is 0 Å². The number of Topliss-reactive ketones (excluding diaryl/α,β-unsaturated/α-hetero) is 1. The van der Waals surface area contributed by atoms with Gasteiger partial charge < -0.3 is 14.8 Å². The number of nitrogens with one attached hydrogen (secondary N) is 1. The summed E-state index contributed by atoms with van der Waals surface area (Å²) in [7, 11) is 3.29. The van der Waals surface area contributed by atoms with Gasteiger partial charge in [0.25, 0.3) is 0 Å². The molecule has 0 spiro atoms. The first-order chi connectivity index (χ1) is 13.7. The fourth-order valence-corrected chi connectivity index (χ4v) is 3.22. The van der Waals surface area contributed by atoms with E-state index in [2.05, 4.69) is 12.2 Å². The second-order valence-corrected chi connectivity index (χ2v) is 7.06. The molecule has 1 atom stereocenters. The summed E-state index contributed by atoms with van der Waals surface area (Å²) < 4.78 is 10.5. The zero-order chi connectivity index (χ0) is 20.2. The molecule has 0 saturated heterocycles. The average Bonchev–Trinajstić information content (AvgIpc) is 2.75. The van der Waals surface area contributed by atoms with Crippen LogP contribution in [-0.4, -0.2) is 20.0 Å². The van der Waals surface area contributed by atoms with E-state index in [4.69, 9.17) is 9.47 Å². The van der Waals surface area contributed by atoms with Crippen LogP contribution in [-0.2, 0) is 4.79 Å². The molecular weight excluding hydrogens is 350 g/mol. The van der Waals surface area contributed by atoms with Gasteiger partial charge in [-0.15, -0.1) is 0 Å². The molecule has 2 aromatic carbocycles. The Bertz CT molecular complexity index is 695. The highest BCUT2D eigenvalue weighted by Crippen LogP contribution is 2.26. The van der Waals surface area contributed by atoms with Crippen LogP contribution in [0.25, 0.3) is 0 Å². The second-order valence-electron chi connectivity index (χ2n) is 7.06. The van der Waals surface area contributed by atoms with Crippen LogP contribution in [0.1, 0.15) is 63.5 Å². The van der Waals surface area contributed by atoms with E-state index >= 15 is 0 Å². The maximum absolute atomic E-state index is 13.0. The molecule has 0 amide bonds. The average molecular weight is 384 g/mol. The Morgan fingerprint density at radius 2 is 1.36 bits per heavy atom. The molecule has 0 heterocycles. The van der Waals surface area contributed by atoms with Crippen molar-refractivity contribution in [3.05, 3.63) is 54.1 Å². The fraction of sp³-hybridized carbons (Fsp3) is 0.458. The summed E-state index contributed by atoms with van der Waals surface area (Å²) >= 11 is 0. The summed E-state index contributed by atoms with van der Waals surface area (Å²) in [6.45, 7) is 2.22. The maximum atomic E-state index is 13.0. The number of carbonyl (C=O) groups excluding carboxylic acids is 1. The summed E-state index contributed by atoms with van der Waals surface area (Å²) in [5.74, 6) is 1.80. The molecule has 1 N–H and O–H groups in total. The Morgan fingerprint density at radius 3 is 1.93 bits per heavy atom. The van der Waals surface area contributed by atoms with Gasteiger partial charge in [0.05, 0.1) is 14.2 Å². The van der Waals surface area contributed by atoms with Crippen molar-refractivity contribution in [1.82, 2.24) is 0 Å². The molecule has 0 bridgehead atoms. The third kappa shape index (κ3) is 6.91. The van der Waals surface area contributed by atoms with E-state index in [1.165, 1.54) is 25.7 Å². The molecule has 28 heavy (non-hydrogen) atoms. The molecule has 0 radical (unpaired) electrons. The molecule has 1 unspecified atom stereocenters. The Kier molecular flexibility index (Phi) is 9.40. The highest BCUT2D eigenvalue weighted by molar-refractivity contribution is 5.88. The minimum absolute atomic E-state index is 0.219. The smallest absolute Gasteiger partial charge is 0.159 e. The Hall–Kier alpha value is -2.49. The molecule has 0 saturated carbocycles. The van der Waals surface area contributed by atoms with Gasteiger partial charge in [0.1, 0.15) is 17.5 Å². The minimum Gasteiger partial charge on any atom is -0.497 e. The van der Waals surface area contributed by atoms with Crippen LogP contribution >= 0.6 is 0 Å². The molecule has 0 aromatic heterocycles. The molecule has 152 valence electrons. The lowest BCUT2D eigenvalue weighted by molar-refractivity contribution is -0.120. The number of methoxy groups -OCH3 is 2. The Labute approximate surface area is 169 Å². The Morgan fingerprint density at radius 1 is 0.821 bits per heavy atom. The lowest BCUT2D eigenvalue weighted by atomic mass is 9.97. The monoisotopic (exact) mass is 383 g/mol. The van der Waals surface area contributed by atoms with Gasteiger partial charge in [0, 0.05) is 12.1 Å². The van der Waals surface area contributed by atoms with E-state index in [-0.39, 0.29) is 11.8 Å². The lowest BCUT2D eigenvalue weighted by Crippen LogP contribution is -2.21. The third-order valence-electron chi connectivity index (χ3n) is 4.95. The number of unbranched alkanes of at least 4 members (excludes halogenated alkanes) is 5. The summed E-state index contributed by atoms with van der Waals surface area (Å²) in [5.41, 5.74) is 1.85. The van der Waals surface area contributed by atoms with Crippen LogP contribution in [0.5, 0.6) is 11.5 Å². The Balaban J connectivity index is 2.04. The van der Waals surface area contributed by atoms with Crippen LogP contribution < -0.4 is 14.8 Å². The van der Waals surface area contributed by atoms with Crippen molar-refractivity contribution in [2.45, 2.75) is 57.9 Å². The van der Waals surface area contributed by atoms with Crippen LogP contribution in [0.4, 0.5) is 5.69 Å². The zero-order valence-electron chi connectivity index (χ0n) is 17.4. The summed E-state index contributed by atoms with van der Waals surface area (Å²) in [5, 5.41) is 3.40. The molecule has 0 aliphatic heterocycles. The molecule has 0 fully saturated rings. The zero-order valence-corrected chi connectivity index (χ0v) is 17.4. The lowest BCUT2D eigenvalue weighted by Gasteiger charge is -2.20.